The molecule has 5 nitrogen and oxygen atoms in total. The standard InChI is InChI=1S/C15H13ClN4OS/c1-8-17-11-7-20(6-5-12(11)22-8)15(21)14-18-10-4-2-3-9(16)13(10)19-14/h2-4H,5-7H2,1H3,(H,18,19). The lowest BCUT2D eigenvalue weighted by molar-refractivity contribution is 0.0722. The summed E-state index contributed by atoms with van der Waals surface area (Å²) >= 11 is 7.84. The van der Waals surface area contributed by atoms with Gasteiger partial charge in [-0.2, -0.15) is 0 Å². The van der Waals surface area contributed by atoms with Crippen LogP contribution < -0.4 is 0 Å². The van der Waals surface area contributed by atoms with Crippen LogP contribution >= 0.6 is 22.9 Å². The molecule has 1 aliphatic rings. The first kappa shape index (κ1) is 13.7. The first-order valence-electron chi connectivity index (χ1n) is 7.00. The molecule has 0 spiro atoms. The molecule has 1 N–H and O–H groups in total. The molecule has 7 heteroatoms. The summed E-state index contributed by atoms with van der Waals surface area (Å²) in [5.74, 6) is 0.224. The Morgan fingerprint density at radius 2 is 2.27 bits per heavy atom. The van der Waals surface area contributed by atoms with Crippen LogP contribution in [0.4, 0.5) is 0 Å². The molecule has 0 radical (unpaired) electrons. The van der Waals surface area contributed by atoms with E-state index in [1.54, 1.807) is 22.3 Å². The topological polar surface area (TPSA) is 61.9 Å². The molecule has 1 aliphatic heterocycles. The molecule has 22 heavy (non-hydrogen) atoms. The van der Waals surface area contributed by atoms with E-state index in [0.29, 0.717) is 35.0 Å². The Labute approximate surface area is 136 Å². The minimum absolute atomic E-state index is 0.108. The second kappa shape index (κ2) is 5.07. The zero-order valence-corrected chi connectivity index (χ0v) is 13.5. The molecule has 1 aromatic carbocycles. The van der Waals surface area contributed by atoms with Crippen LogP contribution in [0.25, 0.3) is 11.0 Å². The van der Waals surface area contributed by atoms with Gasteiger partial charge in [0.2, 0.25) is 0 Å². The SMILES string of the molecule is Cc1nc2c(s1)CCN(C(=O)c1nc3cccc(Cl)c3[nH]1)C2. The average Bonchev–Trinajstić information content (AvgIpc) is 3.08. The quantitative estimate of drug-likeness (QED) is 0.744. The third kappa shape index (κ3) is 2.19. The Bertz CT molecular complexity index is 885. The van der Waals surface area contributed by atoms with Gasteiger partial charge in [0.25, 0.3) is 5.91 Å². The highest BCUT2D eigenvalue weighted by Crippen LogP contribution is 2.26. The third-order valence-corrected chi connectivity index (χ3v) is 5.18. The van der Waals surface area contributed by atoms with Crippen LogP contribution in [0.2, 0.25) is 5.02 Å². The number of halogens is 1. The highest BCUT2D eigenvalue weighted by Gasteiger charge is 2.26. The molecule has 3 aromatic rings. The molecule has 1 amide bonds. The molecule has 2 aromatic heterocycles. The van der Waals surface area contributed by atoms with Crippen molar-refractivity contribution >= 4 is 39.9 Å². The fourth-order valence-corrected chi connectivity index (χ4v) is 3.90. The van der Waals surface area contributed by atoms with Crippen LogP contribution in [0.3, 0.4) is 0 Å². The van der Waals surface area contributed by atoms with Crippen molar-refractivity contribution in [2.45, 2.75) is 19.9 Å². The number of nitrogens with zero attached hydrogens (tertiary/aromatic N) is 3. The van der Waals surface area contributed by atoms with E-state index in [1.165, 1.54) is 4.88 Å². The van der Waals surface area contributed by atoms with E-state index >= 15 is 0 Å². The Balaban J connectivity index is 1.65. The number of fused-ring (bicyclic) bond motifs is 2. The van der Waals surface area contributed by atoms with Crippen molar-refractivity contribution in [3.8, 4) is 0 Å². The highest BCUT2D eigenvalue weighted by molar-refractivity contribution is 7.11. The van der Waals surface area contributed by atoms with Gasteiger partial charge in [-0.3, -0.25) is 4.79 Å². The molecule has 0 aliphatic carbocycles. The number of aromatic amines is 1. The fraction of sp³-hybridized carbons (Fsp3) is 0.267. The average molecular weight is 333 g/mol. The molecule has 0 saturated heterocycles. The maximum Gasteiger partial charge on any atom is 0.290 e. The summed E-state index contributed by atoms with van der Waals surface area (Å²) in [6.45, 7) is 3.23. The molecular weight excluding hydrogens is 320 g/mol. The Morgan fingerprint density at radius 1 is 1.41 bits per heavy atom. The van der Waals surface area contributed by atoms with Gasteiger partial charge >= 0.3 is 0 Å². The van der Waals surface area contributed by atoms with E-state index in [1.807, 2.05) is 19.1 Å². The maximum atomic E-state index is 12.7. The molecule has 0 saturated carbocycles. The number of amides is 1. The smallest absolute Gasteiger partial charge is 0.290 e. The van der Waals surface area contributed by atoms with Crippen LogP contribution in [0.5, 0.6) is 0 Å². The predicted molar refractivity (Wildman–Crippen MR) is 86.4 cm³/mol. The van der Waals surface area contributed by atoms with E-state index < -0.39 is 0 Å². The number of aromatic nitrogens is 3. The number of H-pyrrole nitrogens is 1. The van der Waals surface area contributed by atoms with Gasteiger partial charge in [-0.15, -0.1) is 11.3 Å². The molecule has 4 rings (SSSR count). The van der Waals surface area contributed by atoms with Crippen LogP contribution in [0.1, 0.15) is 26.2 Å². The molecule has 0 unspecified atom stereocenters. The van der Waals surface area contributed by atoms with Crippen LogP contribution in [0.15, 0.2) is 18.2 Å². The number of rotatable bonds is 1. The van der Waals surface area contributed by atoms with E-state index in [9.17, 15) is 4.79 Å². The number of hydrogen-bond acceptors (Lipinski definition) is 4. The second-order valence-electron chi connectivity index (χ2n) is 5.30. The molecule has 3 heterocycles. The normalized spacial score (nSPS) is 14.4. The van der Waals surface area contributed by atoms with Crippen LogP contribution in [0, 0.1) is 6.92 Å². The summed E-state index contributed by atoms with van der Waals surface area (Å²) in [5.41, 5.74) is 2.42. The van der Waals surface area contributed by atoms with E-state index in [-0.39, 0.29) is 5.91 Å². The number of aryl methyl sites for hydroxylation is 1. The monoisotopic (exact) mass is 332 g/mol. The summed E-state index contributed by atoms with van der Waals surface area (Å²) in [7, 11) is 0. The lowest BCUT2D eigenvalue weighted by Crippen LogP contribution is -2.36. The highest BCUT2D eigenvalue weighted by atomic mass is 35.5. The number of para-hydroxylation sites is 1. The minimum atomic E-state index is -0.108. The van der Waals surface area contributed by atoms with E-state index in [2.05, 4.69) is 15.0 Å². The zero-order valence-electron chi connectivity index (χ0n) is 11.9. The lowest BCUT2D eigenvalue weighted by atomic mass is 10.2. The Kier molecular flexibility index (Phi) is 3.16. The maximum absolute atomic E-state index is 12.7. The number of nitrogens with one attached hydrogen (secondary N) is 1. The first-order valence-corrected chi connectivity index (χ1v) is 8.20. The van der Waals surface area contributed by atoms with Crippen molar-refractivity contribution in [3.63, 3.8) is 0 Å². The molecule has 0 bridgehead atoms. The number of thiazole rings is 1. The molecule has 0 atom stereocenters. The fourth-order valence-electron chi connectivity index (χ4n) is 2.75. The van der Waals surface area contributed by atoms with Gasteiger partial charge in [0, 0.05) is 17.8 Å². The van der Waals surface area contributed by atoms with E-state index in [4.69, 9.17) is 11.6 Å². The first-order chi connectivity index (χ1) is 10.6. The summed E-state index contributed by atoms with van der Waals surface area (Å²) in [5, 5.41) is 1.62. The van der Waals surface area contributed by atoms with Gasteiger partial charge in [-0.1, -0.05) is 17.7 Å². The van der Waals surface area contributed by atoms with Gasteiger partial charge in [0.05, 0.1) is 33.3 Å². The number of carbonyl (C=O) groups excluding carboxylic acids is 1. The number of carbonyl (C=O) groups is 1. The van der Waals surface area contributed by atoms with Crippen LogP contribution in [-0.4, -0.2) is 32.3 Å². The molecular formula is C15H13ClN4OS. The minimum Gasteiger partial charge on any atom is -0.333 e. The van der Waals surface area contributed by atoms with E-state index in [0.717, 1.165) is 17.1 Å². The van der Waals surface area contributed by atoms with Gasteiger partial charge in [0.15, 0.2) is 5.82 Å². The largest absolute Gasteiger partial charge is 0.333 e. The van der Waals surface area contributed by atoms with Gasteiger partial charge < -0.3 is 9.88 Å². The van der Waals surface area contributed by atoms with Gasteiger partial charge in [-0.05, 0) is 19.1 Å². The molecule has 112 valence electrons. The summed E-state index contributed by atoms with van der Waals surface area (Å²) in [4.78, 5) is 27.6. The van der Waals surface area contributed by atoms with Crippen molar-refractivity contribution in [1.29, 1.82) is 0 Å². The number of benzene rings is 1. The predicted octanol–water partition coefficient (Wildman–Crippen LogP) is 3.18. The van der Waals surface area contributed by atoms with Crippen molar-refractivity contribution in [3.05, 3.63) is 44.6 Å². The van der Waals surface area contributed by atoms with Crippen molar-refractivity contribution in [2.24, 2.45) is 0 Å². The van der Waals surface area contributed by atoms with Crippen LogP contribution in [-0.2, 0) is 13.0 Å². The zero-order chi connectivity index (χ0) is 15.3. The summed E-state index contributed by atoms with van der Waals surface area (Å²) in [6, 6.07) is 5.44. The van der Waals surface area contributed by atoms with Crippen molar-refractivity contribution in [1.82, 2.24) is 19.9 Å². The second-order valence-corrected chi connectivity index (χ2v) is 6.99. The molecule has 0 fully saturated rings. The summed E-state index contributed by atoms with van der Waals surface area (Å²) < 4.78 is 0. The number of imidazole rings is 1. The number of hydrogen-bond donors (Lipinski definition) is 1. The van der Waals surface area contributed by atoms with Gasteiger partial charge in [-0.25, -0.2) is 9.97 Å². The van der Waals surface area contributed by atoms with Gasteiger partial charge in [0.1, 0.15) is 0 Å². The lowest BCUT2D eigenvalue weighted by Gasteiger charge is -2.25. The Morgan fingerprint density at radius 3 is 3.09 bits per heavy atom. The third-order valence-electron chi connectivity index (χ3n) is 3.79. The van der Waals surface area contributed by atoms with Crippen molar-refractivity contribution in [2.75, 3.05) is 6.54 Å². The summed E-state index contributed by atoms with van der Waals surface area (Å²) in [6.07, 6.45) is 0.855. The Hall–Kier alpha value is -1.92. The van der Waals surface area contributed by atoms with Crippen molar-refractivity contribution < 1.29 is 4.79 Å².